The molecule has 0 amide bonds. The molecule has 1 aliphatic heterocycles. The first-order chi connectivity index (χ1) is 9.81. The lowest BCUT2D eigenvalue weighted by atomic mass is 9.92. The van der Waals surface area contributed by atoms with E-state index in [1.54, 1.807) is 0 Å². The van der Waals surface area contributed by atoms with Crippen LogP contribution in [0.15, 0.2) is 35.5 Å². The van der Waals surface area contributed by atoms with Gasteiger partial charge in [0, 0.05) is 6.20 Å². The molecule has 4 heteroatoms. The van der Waals surface area contributed by atoms with Gasteiger partial charge >= 0.3 is 0 Å². The molecule has 20 heavy (non-hydrogen) atoms. The van der Waals surface area contributed by atoms with E-state index in [9.17, 15) is 0 Å². The summed E-state index contributed by atoms with van der Waals surface area (Å²) >= 11 is 0. The van der Waals surface area contributed by atoms with E-state index in [2.05, 4.69) is 22.1 Å². The lowest BCUT2D eigenvalue weighted by molar-refractivity contribution is 0.323. The van der Waals surface area contributed by atoms with Crippen molar-refractivity contribution in [2.24, 2.45) is 4.99 Å². The van der Waals surface area contributed by atoms with Crippen LogP contribution in [0.3, 0.4) is 0 Å². The van der Waals surface area contributed by atoms with Gasteiger partial charge in [-0.25, -0.2) is 9.98 Å². The number of rotatable bonds is 1. The normalized spacial score (nSPS) is 19.9. The minimum absolute atomic E-state index is 0.216. The maximum absolute atomic E-state index is 5.60. The van der Waals surface area contributed by atoms with Crippen LogP contribution in [0.5, 0.6) is 0 Å². The van der Waals surface area contributed by atoms with Gasteiger partial charge in [-0.2, -0.15) is 0 Å². The number of nitrogens with zero attached hydrogens (tertiary/aromatic N) is 3. The highest BCUT2D eigenvalue weighted by molar-refractivity contribution is 5.94. The Hall–Kier alpha value is -2.23. The number of ether oxygens (including phenoxy) is 1. The van der Waals surface area contributed by atoms with E-state index >= 15 is 0 Å². The van der Waals surface area contributed by atoms with Crippen LogP contribution in [-0.4, -0.2) is 28.5 Å². The first-order valence-corrected chi connectivity index (χ1v) is 6.96. The van der Waals surface area contributed by atoms with Crippen molar-refractivity contribution >= 4 is 5.90 Å². The Kier molecular flexibility index (Phi) is 2.55. The highest BCUT2D eigenvalue weighted by Gasteiger charge is 2.22. The topological polar surface area (TPSA) is 47.4 Å². The summed E-state index contributed by atoms with van der Waals surface area (Å²) in [6.07, 6.45) is 3.88. The second-order valence-electron chi connectivity index (χ2n) is 5.31. The average Bonchev–Trinajstić information content (AvgIpc) is 2.93. The van der Waals surface area contributed by atoms with E-state index in [0.29, 0.717) is 12.5 Å². The first kappa shape index (κ1) is 11.6. The van der Waals surface area contributed by atoms with Crippen LogP contribution >= 0.6 is 0 Å². The second kappa shape index (κ2) is 4.40. The van der Waals surface area contributed by atoms with Crippen molar-refractivity contribution < 1.29 is 4.74 Å². The quantitative estimate of drug-likeness (QED) is 0.795. The Labute approximate surface area is 117 Å². The van der Waals surface area contributed by atoms with Gasteiger partial charge in [-0.3, -0.25) is 4.98 Å². The van der Waals surface area contributed by atoms with Gasteiger partial charge < -0.3 is 4.74 Å². The molecule has 0 bridgehead atoms. The van der Waals surface area contributed by atoms with Crippen molar-refractivity contribution in [2.45, 2.75) is 25.8 Å². The molecule has 0 fully saturated rings. The SMILES string of the molecule is C[C@H]1COC(c2ccc3c(n2)-c2ncccc2CC3)=N1. The number of aliphatic imine (C=N–C) groups is 1. The predicted octanol–water partition coefficient (Wildman–Crippen LogP) is 2.41. The molecular formula is C16H15N3O. The fourth-order valence-electron chi connectivity index (χ4n) is 2.75. The Morgan fingerprint density at radius 1 is 1.10 bits per heavy atom. The molecule has 4 nitrogen and oxygen atoms in total. The zero-order valence-corrected chi connectivity index (χ0v) is 11.3. The lowest BCUT2D eigenvalue weighted by Gasteiger charge is -2.18. The summed E-state index contributed by atoms with van der Waals surface area (Å²) in [5, 5.41) is 0. The van der Waals surface area contributed by atoms with E-state index in [0.717, 1.165) is 29.9 Å². The fourth-order valence-corrected chi connectivity index (χ4v) is 2.75. The fraction of sp³-hybridized carbons (Fsp3) is 0.312. The summed E-state index contributed by atoms with van der Waals surface area (Å²) in [5.74, 6) is 0.656. The lowest BCUT2D eigenvalue weighted by Crippen LogP contribution is -2.11. The number of hydrogen-bond acceptors (Lipinski definition) is 4. The third-order valence-electron chi connectivity index (χ3n) is 3.78. The van der Waals surface area contributed by atoms with Crippen molar-refractivity contribution in [3.8, 4) is 11.4 Å². The molecule has 0 aromatic carbocycles. The summed E-state index contributed by atoms with van der Waals surface area (Å²) in [6, 6.07) is 8.46. The molecule has 0 saturated heterocycles. The zero-order valence-electron chi connectivity index (χ0n) is 11.3. The molecule has 4 rings (SSSR count). The van der Waals surface area contributed by atoms with Crippen LogP contribution in [0.25, 0.3) is 11.4 Å². The standard InChI is InChI=1S/C16H15N3O/c1-10-9-20-16(18-10)13-7-6-12-5-4-11-3-2-8-17-14(11)15(12)19-13/h2-3,6-8,10H,4-5,9H2,1H3/t10-/m0/s1. The molecule has 1 aliphatic carbocycles. The van der Waals surface area contributed by atoms with Crippen LogP contribution in [0.4, 0.5) is 0 Å². The summed E-state index contributed by atoms with van der Waals surface area (Å²) in [7, 11) is 0. The minimum Gasteiger partial charge on any atom is -0.474 e. The highest BCUT2D eigenvalue weighted by Crippen LogP contribution is 2.30. The first-order valence-electron chi connectivity index (χ1n) is 6.96. The van der Waals surface area contributed by atoms with Gasteiger partial charge in [0.05, 0.1) is 17.4 Å². The highest BCUT2D eigenvalue weighted by atomic mass is 16.5. The molecule has 0 spiro atoms. The molecule has 2 aliphatic rings. The smallest absolute Gasteiger partial charge is 0.235 e. The summed E-state index contributed by atoms with van der Waals surface area (Å²) in [6.45, 7) is 2.69. The van der Waals surface area contributed by atoms with Crippen LogP contribution in [0, 0.1) is 0 Å². The van der Waals surface area contributed by atoms with Gasteiger partial charge in [0.2, 0.25) is 5.90 Å². The van der Waals surface area contributed by atoms with Crippen molar-refractivity contribution in [1.29, 1.82) is 0 Å². The number of pyridine rings is 2. The Morgan fingerprint density at radius 3 is 2.75 bits per heavy atom. The van der Waals surface area contributed by atoms with Gasteiger partial charge in [-0.05, 0) is 43.0 Å². The number of hydrogen-bond donors (Lipinski definition) is 0. The zero-order chi connectivity index (χ0) is 13.5. The van der Waals surface area contributed by atoms with Gasteiger partial charge in [0.25, 0.3) is 0 Å². The van der Waals surface area contributed by atoms with E-state index in [1.165, 1.54) is 11.1 Å². The van der Waals surface area contributed by atoms with E-state index in [-0.39, 0.29) is 6.04 Å². The Bertz CT molecular complexity index is 709. The van der Waals surface area contributed by atoms with E-state index in [1.807, 2.05) is 25.3 Å². The van der Waals surface area contributed by atoms with Gasteiger partial charge in [0.1, 0.15) is 12.3 Å². The Morgan fingerprint density at radius 2 is 1.95 bits per heavy atom. The second-order valence-corrected chi connectivity index (χ2v) is 5.31. The van der Waals surface area contributed by atoms with Crippen molar-refractivity contribution in [2.75, 3.05) is 6.61 Å². The number of aromatic nitrogens is 2. The summed E-state index contributed by atoms with van der Waals surface area (Å²) in [4.78, 5) is 13.7. The van der Waals surface area contributed by atoms with Crippen LogP contribution in [-0.2, 0) is 17.6 Å². The predicted molar refractivity (Wildman–Crippen MR) is 76.8 cm³/mol. The molecule has 0 saturated carbocycles. The molecule has 3 heterocycles. The molecule has 0 N–H and O–H groups in total. The van der Waals surface area contributed by atoms with Gasteiger partial charge in [-0.1, -0.05) is 12.1 Å². The van der Waals surface area contributed by atoms with Crippen LogP contribution < -0.4 is 0 Å². The molecule has 1 atom stereocenters. The monoisotopic (exact) mass is 265 g/mol. The average molecular weight is 265 g/mol. The van der Waals surface area contributed by atoms with Crippen LogP contribution in [0.2, 0.25) is 0 Å². The molecule has 2 aromatic rings. The maximum atomic E-state index is 5.60. The summed E-state index contributed by atoms with van der Waals surface area (Å²) in [5.41, 5.74) is 5.32. The number of fused-ring (bicyclic) bond motifs is 3. The largest absolute Gasteiger partial charge is 0.474 e. The van der Waals surface area contributed by atoms with E-state index < -0.39 is 0 Å². The minimum atomic E-state index is 0.216. The van der Waals surface area contributed by atoms with Crippen molar-refractivity contribution in [3.63, 3.8) is 0 Å². The summed E-state index contributed by atoms with van der Waals surface area (Å²) < 4.78 is 5.60. The Balaban J connectivity index is 1.83. The van der Waals surface area contributed by atoms with E-state index in [4.69, 9.17) is 9.72 Å². The molecule has 2 aromatic heterocycles. The third-order valence-corrected chi connectivity index (χ3v) is 3.78. The molecule has 0 unspecified atom stereocenters. The molecule has 0 radical (unpaired) electrons. The van der Waals surface area contributed by atoms with Crippen molar-refractivity contribution in [1.82, 2.24) is 9.97 Å². The van der Waals surface area contributed by atoms with Gasteiger partial charge in [-0.15, -0.1) is 0 Å². The number of aryl methyl sites for hydroxylation is 2. The molecular weight excluding hydrogens is 250 g/mol. The third kappa shape index (κ3) is 1.80. The van der Waals surface area contributed by atoms with Gasteiger partial charge in [0.15, 0.2) is 0 Å². The van der Waals surface area contributed by atoms with Crippen LogP contribution in [0.1, 0.15) is 23.7 Å². The molecule has 100 valence electrons. The van der Waals surface area contributed by atoms with Crippen molar-refractivity contribution in [3.05, 3.63) is 47.3 Å². The maximum Gasteiger partial charge on any atom is 0.235 e.